The maximum absolute atomic E-state index is 2.64. The lowest BCUT2D eigenvalue weighted by Crippen LogP contribution is -2.25. The molecule has 10 aromatic carbocycles. The van der Waals surface area contributed by atoms with E-state index in [-0.39, 0.29) is 0 Å². The Morgan fingerprint density at radius 3 is 1.31 bits per heavy atom. The highest BCUT2D eigenvalue weighted by Crippen LogP contribution is 2.66. The zero-order valence-corrected chi connectivity index (χ0v) is 34.9. The van der Waals surface area contributed by atoms with Gasteiger partial charge in [0, 0.05) is 28.4 Å². The first kappa shape index (κ1) is 33.6. The second kappa shape index (κ2) is 11.5. The van der Waals surface area contributed by atoms with Gasteiger partial charge in [0.15, 0.2) is 0 Å². The number of fused-ring (bicyclic) bond motifs is 25. The standard InChI is InChI=1S/C63H37N/c1-2-17-39-37(16-1)36-64-59-35-58-47(45-22-7-13-29-55(45)63(58)53-27-11-5-20-43(53)44-21-6-12-28-54(44)63)34-48(59)50-33-38(32-49(39)61(50)64)40-24-15-31-57-60(40)46-23-8-14-30-56(46)62(57)51-25-9-3-18-41(51)42-19-4-10-26-52(42)62/h1-35H,36H2. The first-order valence-corrected chi connectivity index (χ1v) is 22.7. The fraction of sp³-hybridized carbons (Fsp3) is 0.0476. The highest BCUT2D eigenvalue weighted by atomic mass is 15.0. The van der Waals surface area contributed by atoms with Gasteiger partial charge in [-0.1, -0.05) is 188 Å². The molecule has 0 N–H and O–H groups in total. The van der Waals surface area contributed by atoms with E-state index in [4.69, 9.17) is 0 Å². The molecule has 4 aliphatic carbocycles. The highest BCUT2D eigenvalue weighted by molar-refractivity contribution is 6.18. The second-order valence-electron chi connectivity index (χ2n) is 18.6. The van der Waals surface area contributed by atoms with Crippen LogP contribution in [0.3, 0.4) is 0 Å². The van der Waals surface area contributed by atoms with Crippen molar-refractivity contribution >= 4 is 21.8 Å². The van der Waals surface area contributed by atoms with Crippen molar-refractivity contribution in [1.82, 2.24) is 4.57 Å². The number of nitrogens with zero attached hydrogens (tertiary/aromatic N) is 1. The molecule has 64 heavy (non-hydrogen) atoms. The lowest BCUT2D eigenvalue weighted by Gasteiger charge is -2.30. The molecule has 5 aliphatic rings. The Balaban J connectivity index is 1.01. The van der Waals surface area contributed by atoms with E-state index < -0.39 is 10.8 Å². The minimum atomic E-state index is -0.393. The van der Waals surface area contributed by atoms with Crippen molar-refractivity contribution in [2.24, 2.45) is 0 Å². The van der Waals surface area contributed by atoms with E-state index in [1.54, 1.807) is 0 Å². The number of hydrogen-bond acceptors (Lipinski definition) is 0. The van der Waals surface area contributed by atoms with Crippen LogP contribution in [0.1, 0.15) is 50.1 Å². The smallest absolute Gasteiger partial charge is 0.0726 e. The van der Waals surface area contributed by atoms with Gasteiger partial charge < -0.3 is 4.57 Å². The summed E-state index contributed by atoms with van der Waals surface area (Å²) in [6.07, 6.45) is 0. The Hall–Kier alpha value is -8.00. The molecule has 16 rings (SSSR count). The zero-order valence-electron chi connectivity index (χ0n) is 34.9. The number of rotatable bonds is 1. The van der Waals surface area contributed by atoms with Crippen molar-refractivity contribution in [3.8, 4) is 66.8 Å². The van der Waals surface area contributed by atoms with E-state index in [0.717, 1.165) is 6.54 Å². The quantitative estimate of drug-likeness (QED) is 0.156. The summed E-state index contributed by atoms with van der Waals surface area (Å²) in [4.78, 5) is 0. The summed E-state index contributed by atoms with van der Waals surface area (Å²) < 4.78 is 2.64. The van der Waals surface area contributed by atoms with Gasteiger partial charge in [0.25, 0.3) is 0 Å². The fourth-order valence-electron chi connectivity index (χ4n) is 13.8. The van der Waals surface area contributed by atoms with Crippen molar-refractivity contribution in [2.45, 2.75) is 17.4 Å². The largest absolute Gasteiger partial charge is 0.335 e. The van der Waals surface area contributed by atoms with Crippen LogP contribution in [0.2, 0.25) is 0 Å². The zero-order chi connectivity index (χ0) is 41.5. The minimum Gasteiger partial charge on any atom is -0.335 e. The predicted octanol–water partition coefficient (Wildman–Crippen LogP) is 15.2. The maximum atomic E-state index is 2.64. The summed E-state index contributed by atoms with van der Waals surface area (Å²) in [6.45, 7) is 0.837. The topological polar surface area (TPSA) is 4.93 Å². The van der Waals surface area contributed by atoms with E-state index in [2.05, 4.69) is 217 Å². The summed E-state index contributed by atoms with van der Waals surface area (Å²) in [5.41, 5.74) is 30.1. The lowest BCUT2D eigenvalue weighted by molar-refractivity contribution is 0.792. The van der Waals surface area contributed by atoms with Crippen molar-refractivity contribution in [3.05, 3.63) is 262 Å². The average Bonchev–Trinajstić information content (AvgIpc) is 4.11. The molecule has 2 heterocycles. The van der Waals surface area contributed by atoms with Crippen LogP contribution in [0.4, 0.5) is 0 Å². The molecule has 11 aromatic rings. The van der Waals surface area contributed by atoms with E-state index in [9.17, 15) is 0 Å². The van der Waals surface area contributed by atoms with Crippen LogP contribution < -0.4 is 0 Å². The number of aromatic nitrogens is 1. The van der Waals surface area contributed by atoms with Crippen LogP contribution in [-0.2, 0) is 17.4 Å². The van der Waals surface area contributed by atoms with Crippen molar-refractivity contribution < 1.29 is 0 Å². The van der Waals surface area contributed by atoms with Gasteiger partial charge in [0.2, 0.25) is 0 Å². The Morgan fingerprint density at radius 2 is 0.734 bits per heavy atom. The van der Waals surface area contributed by atoms with Crippen LogP contribution in [0.15, 0.2) is 212 Å². The third-order valence-corrected chi connectivity index (χ3v) is 16.0. The van der Waals surface area contributed by atoms with Crippen molar-refractivity contribution in [3.63, 3.8) is 0 Å². The summed E-state index contributed by atoms with van der Waals surface area (Å²) in [6, 6.07) is 81.4. The number of benzene rings is 10. The molecule has 1 heteroatoms. The Labute approximate surface area is 371 Å². The number of hydrogen-bond donors (Lipinski definition) is 0. The Bertz CT molecular complexity index is 3860. The summed E-state index contributed by atoms with van der Waals surface area (Å²) in [5.74, 6) is 0. The highest BCUT2D eigenvalue weighted by Gasteiger charge is 2.53. The van der Waals surface area contributed by atoms with Gasteiger partial charge in [-0.2, -0.15) is 0 Å². The van der Waals surface area contributed by atoms with Gasteiger partial charge in [-0.05, 0) is 136 Å². The molecule has 1 aliphatic heterocycles. The molecule has 0 unspecified atom stereocenters. The average molecular weight is 808 g/mol. The van der Waals surface area contributed by atoms with Gasteiger partial charge in [0.05, 0.1) is 16.3 Å². The normalized spacial score (nSPS) is 15.1. The van der Waals surface area contributed by atoms with Crippen LogP contribution in [-0.4, -0.2) is 4.57 Å². The van der Waals surface area contributed by atoms with Gasteiger partial charge in [-0.3, -0.25) is 0 Å². The van der Waals surface area contributed by atoms with Crippen LogP contribution in [0, 0.1) is 0 Å². The summed E-state index contributed by atoms with van der Waals surface area (Å²) in [5, 5.41) is 2.64. The lowest BCUT2D eigenvalue weighted by atomic mass is 9.70. The molecule has 0 saturated carbocycles. The van der Waals surface area contributed by atoms with Gasteiger partial charge in [-0.15, -0.1) is 0 Å². The molecule has 0 radical (unpaired) electrons. The predicted molar refractivity (Wildman–Crippen MR) is 262 cm³/mol. The first-order chi connectivity index (χ1) is 31.8. The third kappa shape index (κ3) is 3.68. The van der Waals surface area contributed by atoms with Crippen LogP contribution in [0.5, 0.6) is 0 Å². The maximum Gasteiger partial charge on any atom is 0.0726 e. The van der Waals surface area contributed by atoms with E-state index in [1.165, 1.54) is 139 Å². The molecular formula is C63H37N. The molecule has 2 spiro atoms. The van der Waals surface area contributed by atoms with Crippen LogP contribution in [0.25, 0.3) is 88.6 Å². The third-order valence-electron chi connectivity index (χ3n) is 16.0. The van der Waals surface area contributed by atoms with E-state index in [0.29, 0.717) is 0 Å². The van der Waals surface area contributed by atoms with Crippen molar-refractivity contribution in [2.75, 3.05) is 0 Å². The first-order valence-electron chi connectivity index (χ1n) is 22.7. The molecule has 1 aromatic heterocycles. The molecule has 0 saturated heterocycles. The molecule has 0 fully saturated rings. The Kier molecular flexibility index (Phi) is 6.05. The minimum absolute atomic E-state index is 0.391. The SMILES string of the molecule is c1ccc2c(c1)Cn1c3cc4c(cc3c3cc(-c5cccc6c5-c5ccccc5C65c6ccccc6-c6ccccc65)cc-2c31)-c1ccccc1C41c2ccccc2-c2ccccc21. The van der Waals surface area contributed by atoms with Gasteiger partial charge >= 0.3 is 0 Å². The molecule has 1 nitrogen and oxygen atoms in total. The molecule has 0 amide bonds. The van der Waals surface area contributed by atoms with Crippen LogP contribution >= 0.6 is 0 Å². The van der Waals surface area contributed by atoms with Crippen molar-refractivity contribution in [1.29, 1.82) is 0 Å². The van der Waals surface area contributed by atoms with E-state index >= 15 is 0 Å². The molecule has 0 bridgehead atoms. The molecular weight excluding hydrogens is 771 g/mol. The van der Waals surface area contributed by atoms with E-state index in [1.807, 2.05) is 0 Å². The summed E-state index contributed by atoms with van der Waals surface area (Å²) >= 11 is 0. The monoisotopic (exact) mass is 807 g/mol. The molecule has 294 valence electrons. The van der Waals surface area contributed by atoms with Gasteiger partial charge in [0.1, 0.15) is 0 Å². The fourth-order valence-corrected chi connectivity index (χ4v) is 13.8. The summed E-state index contributed by atoms with van der Waals surface area (Å²) in [7, 11) is 0. The molecule has 0 atom stereocenters. The van der Waals surface area contributed by atoms with Gasteiger partial charge in [-0.25, -0.2) is 0 Å². The second-order valence-corrected chi connectivity index (χ2v) is 18.6. The Morgan fingerprint density at radius 1 is 0.297 bits per heavy atom.